The van der Waals surface area contributed by atoms with Crippen LogP contribution >= 0.6 is 0 Å². The minimum Gasteiger partial charge on any atom is -0.469 e. The number of rotatable bonds is 2. The lowest BCUT2D eigenvalue weighted by Crippen LogP contribution is -2.42. The number of hydrogen-bond donors (Lipinski definition) is 0. The lowest BCUT2D eigenvalue weighted by atomic mass is 9.98. The molecule has 1 aliphatic rings. The van der Waals surface area contributed by atoms with Crippen LogP contribution in [0.15, 0.2) is 28.7 Å². The summed E-state index contributed by atoms with van der Waals surface area (Å²) in [6, 6.07) is 7.60. The van der Waals surface area contributed by atoms with Crippen molar-refractivity contribution >= 4 is 22.8 Å². The largest absolute Gasteiger partial charge is 0.469 e. The third-order valence-electron chi connectivity index (χ3n) is 4.28. The van der Waals surface area contributed by atoms with Gasteiger partial charge in [0.05, 0.1) is 13.0 Å². The zero-order valence-electron chi connectivity index (χ0n) is 12.8. The van der Waals surface area contributed by atoms with Crippen molar-refractivity contribution < 1.29 is 18.7 Å². The van der Waals surface area contributed by atoms with Crippen LogP contribution in [0, 0.1) is 12.8 Å². The van der Waals surface area contributed by atoms with Crippen LogP contribution in [0.3, 0.4) is 0 Å². The first-order valence-electron chi connectivity index (χ1n) is 7.47. The number of piperidine rings is 1. The number of para-hydroxylation sites is 1. The zero-order chi connectivity index (χ0) is 15.7. The van der Waals surface area contributed by atoms with Crippen LogP contribution in [0.25, 0.3) is 11.0 Å². The fraction of sp³-hybridized carbons (Fsp3) is 0.412. The van der Waals surface area contributed by atoms with Crippen LogP contribution in [0.5, 0.6) is 0 Å². The van der Waals surface area contributed by atoms with Crippen LogP contribution in [-0.2, 0) is 9.53 Å². The van der Waals surface area contributed by atoms with Gasteiger partial charge in [0.15, 0.2) is 5.76 Å². The quantitative estimate of drug-likeness (QED) is 0.800. The summed E-state index contributed by atoms with van der Waals surface area (Å²) in [6.07, 6.45) is 1.56. The van der Waals surface area contributed by atoms with E-state index in [2.05, 4.69) is 0 Å². The predicted molar refractivity (Wildman–Crippen MR) is 81.6 cm³/mol. The number of carbonyl (C=O) groups is 2. The molecule has 22 heavy (non-hydrogen) atoms. The lowest BCUT2D eigenvalue weighted by molar-refractivity contribution is -0.146. The number of methoxy groups -OCH3 is 1. The normalized spacial score (nSPS) is 18.5. The van der Waals surface area contributed by atoms with Crippen LogP contribution in [0.1, 0.15) is 29.0 Å². The third-order valence-corrected chi connectivity index (χ3v) is 4.28. The van der Waals surface area contributed by atoms with E-state index in [1.807, 2.05) is 31.2 Å². The highest BCUT2D eigenvalue weighted by molar-refractivity contribution is 5.99. The molecule has 0 bridgehead atoms. The molecule has 1 unspecified atom stereocenters. The van der Waals surface area contributed by atoms with E-state index in [1.165, 1.54) is 7.11 Å². The summed E-state index contributed by atoms with van der Waals surface area (Å²) >= 11 is 0. The second-order valence-electron chi connectivity index (χ2n) is 5.67. The number of carbonyl (C=O) groups excluding carboxylic acids is 2. The second-order valence-corrected chi connectivity index (χ2v) is 5.67. The van der Waals surface area contributed by atoms with Crippen molar-refractivity contribution in [1.29, 1.82) is 0 Å². The second kappa shape index (κ2) is 5.83. The Kier molecular flexibility index (Phi) is 3.88. The fourth-order valence-electron chi connectivity index (χ4n) is 3.04. The molecule has 0 spiro atoms. The highest BCUT2D eigenvalue weighted by Crippen LogP contribution is 2.27. The minimum atomic E-state index is -0.251. The number of esters is 1. The molecule has 0 aliphatic carbocycles. The number of fused-ring (bicyclic) bond motifs is 1. The first kappa shape index (κ1) is 14.6. The molecule has 5 nitrogen and oxygen atoms in total. The number of nitrogens with zero attached hydrogens (tertiary/aromatic N) is 1. The van der Waals surface area contributed by atoms with Gasteiger partial charge < -0.3 is 14.1 Å². The Hall–Kier alpha value is -2.30. The van der Waals surface area contributed by atoms with Gasteiger partial charge in [-0.05, 0) is 25.8 Å². The van der Waals surface area contributed by atoms with Crippen molar-refractivity contribution in [3.63, 3.8) is 0 Å². The molecule has 1 saturated heterocycles. The molecule has 2 aromatic rings. The van der Waals surface area contributed by atoms with Crippen molar-refractivity contribution in [2.24, 2.45) is 5.92 Å². The number of ether oxygens (including phenoxy) is 1. The lowest BCUT2D eigenvalue weighted by Gasteiger charge is -2.30. The summed E-state index contributed by atoms with van der Waals surface area (Å²) in [4.78, 5) is 26.1. The molecule has 0 radical (unpaired) electrons. The van der Waals surface area contributed by atoms with Crippen LogP contribution in [0.2, 0.25) is 0 Å². The summed E-state index contributed by atoms with van der Waals surface area (Å²) in [5.74, 6) is -0.278. The van der Waals surface area contributed by atoms with Crippen molar-refractivity contribution in [3.8, 4) is 0 Å². The Morgan fingerprint density at radius 2 is 2.09 bits per heavy atom. The first-order valence-corrected chi connectivity index (χ1v) is 7.47. The van der Waals surface area contributed by atoms with Crippen molar-refractivity contribution in [2.45, 2.75) is 19.8 Å². The Morgan fingerprint density at radius 1 is 1.32 bits per heavy atom. The van der Waals surface area contributed by atoms with Gasteiger partial charge in [0, 0.05) is 24.0 Å². The van der Waals surface area contributed by atoms with Gasteiger partial charge >= 0.3 is 5.97 Å². The average Bonchev–Trinajstić information content (AvgIpc) is 2.91. The molecule has 0 N–H and O–H groups in total. The van der Waals surface area contributed by atoms with Gasteiger partial charge in [-0.3, -0.25) is 9.59 Å². The molecule has 1 aromatic heterocycles. The first-order chi connectivity index (χ1) is 10.6. The third kappa shape index (κ3) is 2.47. The zero-order valence-corrected chi connectivity index (χ0v) is 12.8. The van der Waals surface area contributed by atoms with E-state index >= 15 is 0 Å². The molecule has 5 heteroatoms. The van der Waals surface area contributed by atoms with E-state index in [0.717, 1.165) is 23.8 Å². The summed E-state index contributed by atoms with van der Waals surface area (Å²) in [5, 5.41) is 0.951. The van der Waals surface area contributed by atoms with Gasteiger partial charge in [0.25, 0.3) is 5.91 Å². The molecule has 0 saturated carbocycles. The average molecular weight is 301 g/mol. The Bertz CT molecular complexity index is 719. The van der Waals surface area contributed by atoms with E-state index in [-0.39, 0.29) is 17.8 Å². The number of furan rings is 1. The van der Waals surface area contributed by atoms with Crippen molar-refractivity contribution in [1.82, 2.24) is 4.90 Å². The van der Waals surface area contributed by atoms with Crippen LogP contribution in [-0.4, -0.2) is 37.0 Å². The summed E-state index contributed by atoms with van der Waals surface area (Å²) in [7, 11) is 1.38. The number of benzene rings is 1. The monoisotopic (exact) mass is 301 g/mol. The number of likely N-dealkylation sites (tertiary alicyclic amines) is 1. The van der Waals surface area contributed by atoms with Gasteiger partial charge in [-0.2, -0.15) is 0 Å². The van der Waals surface area contributed by atoms with Gasteiger partial charge in [0.2, 0.25) is 0 Å². The molecular formula is C17H19NO4. The van der Waals surface area contributed by atoms with Gasteiger partial charge in [-0.25, -0.2) is 0 Å². The van der Waals surface area contributed by atoms with Crippen LogP contribution < -0.4 is 0 Å². The smallest absolute Gasteiger partial charge is 0.310 e. The molecule has 1 fully saturated rings. The molecule has 1 amide bonds. The number of aryl methyl sites for hydroxylation is 1. The van der Waals surface area contributed by atoms with Gasteiger partial charge in [-0.15, -0.1) is 0 Å². The van der Waals surface area contributed by atoms with Crippen molar-refractivity contribution in [2.75, 3.05) is 20.2 Å². The predicted octanol–water partition coefficient (Wildman–Crippen LogP) is 2.77. The SMILES string of the molecule is COC(=O)C1CCCN(C(=O)c2oc3ccccc3c2C)C1. The maximum Gasteiger partial charge on any atom is 0.310 e. The molecule has 1 aliphatic heterocycles. The topological polar surface area (TPSA) is 59.8 Å². The number of hydrogen-bond acceptors (Lipinski definition) is 4. The van der Waals surface area contributed by atoms with E-state index in [0.29, 0.717) is 24.4 Å². The van der Waals surface area contributed by atoms with Gasteiger partial charge in [0.1, 0.15) is 5.58 Å². The molecule has 3 rings (SSSR count). The molecule has 2 heterocycles. The summed E-state index contributed by atoms with van der Waals surface area (Å²) < 4.78 is 10.5. The highest BCUT2D eigenvalue weighted by Gasteiger charge is 2.31. The fourth-order valence-corrected chi connectivity index (χ4v) is 3.04. The molecule has 1 aromatic carbocycles. The standard InChI is InChI=1S/C17H19NO4/c1-11-13-7-3-4-8-14(13)22-15(11)16(19)18-9-5-6-12(10-18)17(20)21-2/h3-4,7-8,12H,5-6,9-10H2,1-2H3. The Balaban J connectivity index is 1.86. The van der Waals surface area contributed by atoms with E-state index in [9.17, 15) is 9.59 Å². The number of amides is 1. The summed E-state index contributed by atoms with van der Waals surface area (Å²) in [6.45, 7) is 2.92. The molecule has 116 valence electrons. The minimum absolute atomic E-state index is 0.151. The van der Waals surface area contributed by atoms with Crippen LogP contribution in [0.4, 0.5) is 0 Å². The maximum atomic E-state index is 12.7. The Morgan fingerprint density at radius 3 is 2.82 bits per heavy atom. The maximum absolute atomic E-state index is 12.7. The molecule has 1 atom stereocenters. The van der Waals surface area contributed by atoms with Gasteiger partial charge in [-0.1, -0.05) is 18.2 Å². The Labute approximate surface area is 128 Å². The van der Waals surface area contributed by atoms with E-state index in [4.69, 9.17) is 9.15 Å². The molecular weight excluding hydrogens is 282 g/mol. The summed E-state index contributed by atoms with van der Waals surface area (Å²) in [5.41, 5.74) is 1.56. The van der Waals surface area contributed by atoms with E-state index < -0.39 is 0 Å². The highest BCUT2D eigenvalue weighted by atomic mass is 16.5. The van der Waals surface area contributed by atoms with E-state index in [1.54, 1.807) is 4.90 Å². The van der Waals surface area contributed by atoms with Crippen molar-refractivity contribution in [3.05, 3.63) is 35.6 Å².